The van der Waals surface area contributed by atoms with Gasteiger partial charge in [-0.2, -0.15) is 0 Å². The van der Waals surface area contributed by atoms with Crippen LogP contribution >= 0.6 is 0 Å². The lowest BCUT2D eigenvalue weighted by Crippen LogP contribution is -1.65. The van der Waals surface area contributed by atoms with Crippen LogP contribution in [-0.2, 0) is 0 Å². The van der Waals surface area contributed by atoms with Crippen LogP contribution in [0.5, 0.6) is 0 Å². The summed E-state index contributed by atoms with van der Waals surface area (Å²) in [5.74, 6) is 0. The van der Waals surface area contributed by atoms with Gasteiger partial charge in [0, 0.05) is 0 Å². The lowest BCUT2D eigenvalue weighted by Gasteiger charge is -1.85. The van der Waals surface area contributed by atoms with Crippen molar-refractivity contribution in [2.75, 3.05) is 0 Å². The number of allylic oxidation sites excluding steroid dienone is 4. The molecule has 0 amide bonds. The molecule has 64 valence electrons. The van der Waals surface area contributed by atoms with E-state index in [9.17, 15) is 0 Å². The minimum absolute atomic E-state index is 1.21. The normalized spacial score (nSPS) is 11.8. The monoisotopic (exact) mass is 152 g/mol. The van der Waals surface area contributed by atoms with Gasteiger partial charge in [-0.05, 0) is 12.8 Å². The highest BCUT2D eigenvalue weighted by Crippen LogP contribution is 1.95. The Morgan fingerprint density at radius 1 is 0.818 bits per heavy atom. The number of rotatable bonds is 6. The molecule has 0 saturated carbocycles. The van der Waals surface area contributed by atoms with Gasteiger partial charge in [0.2, 0.25) is 0 Å². The van der Waals surface area contributed by atoms with Gasteiger partial charge in [0.15, 0.2) is 0 Å². The molecular formula is C11H20. The lowest BCUT2D eigenvalue weighted by molar-refractivity contribution is 0.815. The summed E-state index contributed by atoms with van der Waals surface area (Å²) in [4.78, 5) is 0. The summed E-state index contributed by atoms with van der Waals surface area (Å²) in [5.41, 5.74) is 0. The third-order valence-electron chi connectivity index (χ3n) is 1.56. The lowest BCUT2D eigenvalue weighted by atomic mass is 10.2. The van der Waals surface area contributed by atoms with Crippen LogP contribution in [0.25, 0.3) is 0 Å². The standard InChI is InChI=1S/C11H20/c1-3-5-7-9-11-10-8-6-4-2/h7,9-11H,3-6,8H2,1-2H3/b9-7+,11-10-. The summed E-state index contributed by atoms with van der Waals surface area (Å²) in [6.45, 7) is 4.42. The maximum atomic E-state index is 2.25. The van der Waals surface area contributed by atoms with Crippen LogP contribution in [-0.4, -0.2) is 0 Å². The predicted octanol–water partition coefficient (Wildman–Crippen LogP) is 4.09. The van der Waals surface area contributed by atoms with Crippen molar-refractivity contribution in [1.29, 1.82) is 0 Å². The molecule has 0 aromatic rings. The van der Waals surface area contributed by atoms with E-state index in [4.69, 9.17) is 0 Å². The third-order valence-corrected chi connectivity index (χ3v) is 1.56. The smallest absolute Gasteiger partial charge is 0.0348 e. The molecule has 0 aliphatic carbocycles. The van der Waals surface area contributed by atoms with E-state index in [1.165, 1.54) is 32.1 Å². The second-order valence-electron chi connectivity index (χ2n) is 2.79. The number of hydrogen-bond acceptors (Lipinski definition) is 0. The molecule has 11 heavy (non-hydrogen) atoms. The predicted molar refractivity (Wildman–Crippen MR) is 52.7 cm³/mol. The highest BCUT2D eigenvalue weighted by atomic mass is 13.8. The molecule has 0 rings (SSSR count). The molecule has 0 nitrogen and oxygen atoms in total. The fourth-order valence-electron chi connectivity index (χ4n) is 0.838. The van der Waals surface area contributed by atoms with E-state index in [1.54, 1.807) is 0 Å². The first-order chi connectivity index (χ1) is 5.41. The topological polar surface area (TPSA) is 0 Å². The summed E-state index contributed by atoms with van der Waals surface area (Å²) in [6.07, 6.45) is 15.1. The van der Waals surface area contributed by atoms with Crippen molar-refractivity contribution in [2.24, 2.45) is 0 Å². The van der Waals surface area contributed by atoms with E-state index in [2.05, 4.69) is 38.2 Å². The summed E-state index contributed by atoms with van der Waals surface area (Å²) < 4.78 is 0. The molecule has 0 spiro atoms. The molecule has 0 bridgehead atoms. The highest BCUT2D eigenvalue weighted by Gasteiger charge is 1.75. The zero-order valence-electron chi connectivity index (χ0n) is 7.84. The summed E-state index contributed by atoms with van der Waals surface area (Å²) in [7, 11) is 0. The van der Waals surface area contributed by atoms with Crippen LogP contribution in [0.15, 0.2) is 24.3 Å². The first-order valence-electron chi connectivity index (χ1n) is 4.73. The van der Waals surface area contributed by atoms with Crippen LogP contribution < -0.4 is 0 Å². The SMILES string of the molecule is CCC/C=C/C=C\CCCC. The van der Waals surface area contributed by atoms with Crippen LogP contribution in [0, 0.1) is 0 Å². The maximum absolute atomic E-state index is 2.25. The van der Waals surface area contributed by atoms with E-state index in [0.717, 1.165) is 0 Å². The number of hydrogen-bond donors (Lipinski definition) is 0. The summed E-state index contributed by atoms with van der Waals surface area (Å²) >= 11 is 0. The Morgan fingerprint density at radius 2 is 1.45 bits per heavy atom. The zero-order valence-corrected chi connectivity index (χ0v) is 7.84. The van der Waals surface area contributed by atoms with Crippen LogP contribution in [0.4, 0.5) is 0 Å². The van der Waals surface area contributed by atoms with Gasteiger partial charge in [-0.1, -0.05) is 57.4 Å². The van der Waals surface area contributed by atoms with Crippen LogP contribution in [0.3, 0.4) is 0 Å². The number of unbranched alkanes of at least 4 members (excludes halogenated alkanes) is 3. The Bertz CT molecular complexity index is 109. The average molecular weight is 152 g/mol. The molecule has 0 atom stereocenters. The van der Waals surface area contributed by atoms with Gasteiger partial charge >= 0.3 is 0 Å². The van der Waals surface area contributed by atoms with E-state index < -0.39 is 0 Å². The Labute approximate surface area is 71.0 Å². The summed E-state index contributed by atoms with van der Waals surface area (Å²) in [6, 6.07) is 0. The first kappa shape index (κ1) is 10.5. The molecule has 0 aliphatic heterocycles. The van der Waals surface area contributed by atoms with Gasteiger partial charge in [0.05, 0.1) is 0 Å². The first-order valence-corrected chi connectivity index (χ1v) is 4.73. The fourth-order valence-corrected chi connectivity index (χ4v) is 0.838. The molecular weight excluding hydrogens is 132 g/mol. The van der Waals surface area contributed by atoms with E-state index >= 15 is 0 Å². The Hall–Kier alpha value is -0.520. The largest absolute Gasteiger partial charge is 0.0846 e. The van der Waals surface area contributed by atoms with Gasteiger partial charge in [-0.25, -0.2) is 0 Å². The molecule has 0 aromatic heterocycles. The summed E-state index contributed by atoms with van der Waals surface area (Å²) in [5, 5.41) is 0. The van der Waals surface area contributed by atoms with Crippen molar-refractivity contribution in [3.63, 3.8) is 0 Å². The molecule has 0 heterocycles. The van der Waals surface area contributed by atoms with Gasteiger partial charge in [-0.15, -0.1) is 0 Å². The Morgan fingerprint density at radius 3 is 2.00 bits per heavy atom. The maximum Gasteiger partial charge on any atom is -0.0348 e. The molecule has 0 N–H and O–H groups in total. The molecule has 0 heteroatoms. The minimum Gasteiger partial charge on any atom is -0.0846 e. The van der Waals surface area contributed by atoms with Gasteiger partial charge < -0.3 is 0 Å². The van der Waals surface area contributed by atoms with Crippen LogP contribution in [0.2, 0.25) is 0 Å². The van der Waals surface area contributed by atoms with Gasteiger partial charge in [0.25, 0.3) is 0 Å². The second-order valence-corrected chi connectivity index (χ2v) is 2.79. The molecule has 0 fully saturated rings. The quantitative estimate of drug-likeness (QED) is 0.397. The van der Waals surface area contributed by atoms with Crippen molar-refractivity contribution in [3.8, 4) is 0 Å². The zero-order chi connectivity index (χ0) is 8.36. The minimum atomic E-state index is 1.21. The van der Waals surface area contributed by atoms with Crippen molar-refractivity contribution in [1.82, 2.24) is 0 Å². The van der Waals surface area contributed by atoms with Crippen molar-refractivity contribution in [2.45, 2.75) is 46.0 Å². The van der Waals surface area contributed by atoms with Gasteiger partial charge in [0.1, 0.15) is 0 Å². The van der Waals surface area contributed by atoms with E-state index in [1.807, 2.05) is 0 Å². The second kappa shape index (κ2) is 9.48. The molecule has 0 aliphatic rings. The van der Waals surface area contributed by atoms with E-state index in [0.29, 0.717) is 0 Å². The van der Waals surface area contributed by atoms with E-state index in [-0.39, 0.29) is 0 Å². The van der Waals surface area contributed by atoms with Crippen molar-refractivity contribution < 1.29 is 0 Å². The molecule has 0 aromatic carbocycles. The van der Waals surface area contributed by atoms with Crippen molar-refractivity contribution in [3.05, 3.63) is 24.3 Å². The Kier molecular flexibility index (Phi) is 9.03. The Balaban J connectivity index is 3.14. The third kappa shape index (κ3) is 9.48. The fraction of sp³-hybridized carbons (Fsp3) is 0.636. The molecule has 0 unspecified atom stereocenters. The van der Waals surface area contributed by atoms with Gasteiger partial charge in [-0.3, -0.25) is 0 Å². The molecule has 0 saturated heterocycles. The van der Waals surface area contributed by atoms with Crippen molar-refractivity contribution >= 4 is 0 Å². The molecule has 0 radical (unpaired) electrons. The van der Waals surface area contributed by atoms with Crippen LogP contribution in [0.1, 0.15) is 46.0 Å². The highest BCUT2D eigenvalue weighted by molar-refractivity contribution is 5.01. The average Bonchev–Trinajstić information content (AvgIpc) is 2.03.